The molecule has 1 aromatic heterocycles. The molecule has 0 saturated heterocycles. The molecule has 4 nitrogen and oxygen atoms in total. The number of nitrogens with one attached hydrogen (secondary N) is 1. The minimum Gasteiger partial charge on any atom is -0.377 e. The van der Waals surface area contributed by atoms with E-state index in [1.54, 1.807) is 0 Å². The number of halogens is 1. The van der Waals surface area contributed by atoms with Gasteiger partial charge in [-0.2, -0.15) is 0 Å². The van der Waals surface area contributed by atoms with Crippen molar-refractivity contribution >= 4 is 21.6 Å². The van der Waals surface area contributed by atoms with Gasteiger partial charge in [0, 0.05) is 17.2 Å². The number of benzene rings is 1. The zero-order chi connectivity index (χ0) is 12.4. The maximum absolute atomic E-state index is 4.12. The zero-order valence-corrected chi connectivity index (χ0v) is 11.7. The molecule has 1 heterocycles. The Balaban J connectivity index is 2.12. The molecule has 1 aromatic carbocycles. The molecule has 1 N–H and O–H groups in total. The summed E-state index contributed by atoms with van der Waals surface area (Å²) in [4.78, 5) is 0. The van der Waals surface area contributed by atoms with Crippen LogP contribution in [0, 0.1) is 13.8 Å². The van der Waals surface area contributed by atoms with Gasteiger partial charge < -0.3 is 9.88 Å². The Morgan fingerprint density at radius 3 is 2.71 bits per heavy atom. The Labute approximate surface area is 109 Å². The van der Waals surface area contributed by atoms with Crippen LogP contribution in [0.15, 0.2) is 22.7 Å². The van der Waals surface area contributed by atoms with Crippen molar-refractivity contribution in [3.8, 4) is 0 Å². The summed E-state index contributed by atoms with van der Waals surface area (Å²) in [7, 11) is 1.97. The number of rotatable bonds is 3. The molecule has 0 aliphatic heterocycles. The topological polar surface area (TPSA) is 42.7 Å². The average Bonchev–Trinajstić information content (AvgIpc) is 2.62. The molecule has 0 aliphatic carbocycles. The fourth-order valence-electron chi connectivity index (χ4n) is 1.56. The number of anilines is 1. The number of hydrogen-bond donors (Lipinski definition) is 1. The Hall–Kier alpha value is -1.36. The lowest BCUT2D eigenvalue weighted by Crippen LogP contribution is -2.07. The monoisotopic (exact) mass is 294 g/mol. The summed E-state index contributed by atoms with van der Waals surface area (Å²) in [6.07, 6.45) is 0. The summed E-state index contributed by atoms with van der Waals surface area (Å²) in [5.41, 5.74) is 2.33. The fraction of sp³-hybridized carbons (Fsp3) is 0.333. The average molecular weight is 295 g/mol. The maximum Gasteiger partial charge on any atom is 0.152 e. The van der Waals surface area contributed by atoms with Crippen molar-refractivity contribution in [2.24, 2.45) is 7.05 Å². The van der Waals surface area contributed by atoms with Crippen molar-refractivity contribution in [3.05, 3.63) is 39.9 Å². The van der Waals surface area contributed by atoms with Gasteiger partial charge in [-0.15, -0.1) is 10.2 Å². The SMILES string of the molecule is Cc1ccc(Br)cc1NCc1nnc(C)n1C. The van der Waals surface area contributed by atoms with E-state index in [4.69, 9.17) is 0 Å². The number of nitrogens with zero attached hydrogens (tertiary/aromatic N) is 3. The highest BCUT2D eigenvalue weighted by Gasteiger charge is 2.05. The first-order valence-corrected chi connectivity index (χ1v) is 6.22. The third kappa shape index (κ3) is 2.66. The summed E-state index contributed by atoms with van der Waals surface area (Å²) in [5.74, 6) is 1.86. The molecule has 2 aromatic rings. The molecule has 0 bridgehead atoms. The molecule has 5 heteroatoms. The van der Waals surface area contributed by atoms with Crippen molar-refractivity contribution in [3.63, 3.8) is 0 Å². The van der Waals surface area contributed by atoms with Crippen molar-refractivity contribution < 1.29 is 0 Å². The zero-order valence-electron chi connectivity index (χ0n) is 10.2. The predicted molar refractivity (Wildman–Crippen MR) is 71.9 cm³/mol. The molecule has 90 valence electrons. The summed E-state index contributed by atoms with van der Waals surface area (Å²) < 4.78 is 3.06. The Bertz CT molecular complexity index is 533. The maximum atomic E-state index is 4.12. The van der Waals surface area contributed by atoms with Crippen LogP contribution in [0.1, 0.15) is 17.2 Å². The van der Waals surface area contributed by atoms with Gasteiger partial charge in [0.2, 0.25) is 0 Å². The summed E-state index contributed by atoms with van der Waals surface area (Å²) in [5, 5.41) is 11.5. The highest BCUT2D eigenvalue weighted by Crippen LogP contribution is 2.21. The molecule has 0 spiro atoms. The van der Waals surface area contributed by atoms with Crippen LogP contribution >= 0.6 is 15.9 Å². The van der Waals surface area contributed by atoms with Gasteiger partial charge in [0.15, 0.2) is 5.82 Å². The van der Waals surface area contributed by atoms with Crippen LogP contribution in [0.4, 0.5) is 5.69 Å². The van der Waals surface area contributed by atoms with Gasteiger partial charge in [0.25, 0.3) is 0 Å². The lowest BCUT2D eigenvalue weighted by atomic mass is 10.2. The van der Waals surface area contributed by atoms with Gasteiger partial charge in [0.05, 0.1) is 6.54 Å². The van der Waals surface area contributed by atoms with E-state index in [1.807, 2.05) is 24.6 Å². The summed E-state index contributed by atoms with van der Waals surface area (Å²) >= 11 is 3.47. The second-order valence-electron chi connectivity index (χ2n) is 4.04. The second kappa shape index (κ2) is 4.87. The Morgan fingerprint density at radius 2 is 2.06 bits per heavy atom. The Morgan fingerprint density at radius 1 is 1.29 bits per heavy atom. The molecule has 0 aliphatic rings. The number of hydrogen-bond acceptors (Lipinski definition) is 3. The molecular formula is C12H15BrN4. The van der Waals surface area contributed by atoms with Crippen LogP contribution in [0.3, 0.4) is 0 Å². The summed E-state index contributed by atoms with van der Waals surface area (Å²) in [6, 6.07) is 6.18. The normalized spacial score (nSPS) is 10.6. The minimum absolute atomic E-state index is 0.675. The largest absolute Gasteiger partial charge is 0.377 e. The predicted octanol–water partition coefficient (Wildman–Crippen LogP) is 2.81. The molecule has 0 atom stereocenters. The number of aromatic nitrogens is 3. The molecule has 2 rings (SSSR count). The molecular weight excluding hydrogens is 280 g/mol. The van der Waals surface area contributed by atoms with Crippen molar-refractivity contribution in [1.29, 1.82) is 0 Å². The molecule has 0 unspecified atom stereocenters. The van der Waals surface area contributed by atoms with Gasteiger partial charge in [0.1, 0.15) is 5.82 Å². The Kier molecular flexibility index (Phi) is 3.47. The lowest BCUT2D eigenvalue weighted by Gasteiger charge is -2.09. The number of aryl methyl sites for hydroxylation is 2. The van der Waals surface area contributed by atoms with E-state index in [9.17, 15) is 0 Å². The second-order valence-corrected chi connectivity index (χ2v) is 4.95. The molecule has 0 saturated carbocycles. The first-order chi connectivity index (χ1) is 8.08. The van der Waals surface area contributed by atoms with Crippen molar-refractivity contribution in [2.45, 2.75) is 20.4 Å². The molecule has 0 fully saturated rings. The van der Waals surface area contributed by atoms with E-state index in [1.165, 1.54) is 5.56 Å². The van der Waals surface area contributed by atoms with Crippen LogP contribution < -0.4 is 5.32 Å². The quantitative estimate of drug-likeness (QED) is 0.947. The lowest BCUT2D eigenvalue weighted by molar-refractivity contribution is 0.789. The standard InChI is InChI=1S/C12H15BrN4/c1-8-4-5-10(13)6-11(8)14-7-12-16-15-9(2)17(12)3/h4-6,14H,7H2,1-3H3. The van der Waals surface area contributed by atoms with Gasteiger partial charge >= 0.3 is 0 Å². The fourth-order valence-corrected chi connectivity index (χ4v) is 1.92. The first-order valence-electron chi connectivity index (χ1n) is 5.43. The van der Waals surface area contributed by atoms with Gasteiger partial charge in [-0.25, -0.2) is 0 Å². The van der Waals surface area contributed by atoms with E-state index in [0.717, 1.165) is 21.8 Å². The highest BCUT2D eigenvalue weighted by atomic mass is 79.9. The van der Waals surface area contributed by atoms with Crippen LogP contribution in [0.2, 0.25) is 0 Å². The molecule has 17 heavy (non-hydrogen) atoms. The van der Waals surface area contributed by atoms with Crippen molar-refractivity contribution in [2.75, 3.05) is 5.32 Å². The molecule has 0 radical (unpaired) electrons. The van der Waals surface area contributed by atoms with E-state index < -0.39 is 0 Å². The molecule has 0 amide bonds. The van der Waals surface area contributed by atoms with E-state index in [2.05, 4.69) is 50.5 Å². The van der Waals surface area contributed by atoms with Crippen LogP contribution in [0.25, 0.3) is 0 Å². The van der Waals surface area contributed by atoms with Crippen molar-refractivity contribution in [1.82, 2.24) is 14.8 Å². The smallest absolute Gasteiger partial charge is 0.152 e. The van der Waals surface area contributed by atoms with E-state index in [0.29, 0.717) is 6.54 Å². The highest BCUT2D eigenvalue weighted by molar-refractivity contribution is 9.10. The van der Waals surface area contributed by atoms with Gasteiger partial charge in [-0.3, -0.25) is 0 Å². The van der Waals surface area contributed by atoms with Gasteiger partial charge in [-0.05, 0) is 31.5 Å². The minimum atomic E-state index is 0.675. The van der Waals surface area contributed by atoms with E-state index >= 15 is 0 Å². The summed E-state index contributed by atoms with van der Waals surface area (Å²) in [6.45, 7) is 4.70. The van der Waals surface area contributed by atoms with Crippen LogP contribution in [-0.4, -0.2) is 14.8 Å². The van der Waals surface area contributed by atoms with Gasteiger partial charge in [-0.1, -0.05) is 22.0 Å². The van der Waals surface area contributed by atoms with Crippen LogP contribution in [-0.2, 0) is 13.6 Å². The first kappa shape index (κ1) is 12.1. The third-order valence-electron chi connectivity index (χ3n) is 2.82. The van der Waals surface area contributed by atoms with E-state index in [-0.39, 0.29) is 0 Å². The van der Waals surface area contributed by atoms with Crippen LogP contribution in [0.5, 0.6) is 0 Å². The third-order valence-corrected chi connectivity index (χ3v) is 3.31.